The van der Waals surface area contributed by atoms with Gasteiger partial charge in [0, 0.05) is 25.0 Å². The second-order valence-electron chi connectivity index (χ2n) is 4.70. The molecule has 0 radical (unpaired) electrons. The molecular weight excluding hydrogens is 250 g/mol. The first-order chi connectivity index (χ1) is 9.01. The Morgan fingerprint density at radius 2 is 2.00 bits per heavy atom. The number of carboxylic acids is 1. The first kappa shape index (κ1) is 15.3. The first-order valence-corrected chi connectivity index (χ1v) is 6.56. The summed E-state index contributed by atoms with van der Waals surface area (Å²) in [7, 11) is 0. The topological polar surface area (TPSA) is 108 Å². The van der Waals surface area contributed by atoms with Gasteiger partial charge in [0.2, 0.25) is 5.91 Å². The lowest BCUT2D eigenvalue weighted by molar-refractivity contribution is -0.137. The number of urea groups is 1. The molecule has 0 aliphatic heterocycles. The molecule has 4 N–H and O–H groups in total. The van der Waals surface area contributed by atoms with Gasteiger partial charge in [0.15, 0.2) is 0 Å². The van der Waals surface area contributed by atoms with Crippen molar-refractivity contribution < 1.29 is 19.5 Å². The number of hydrogen-bond donors (Lipinski definition) is 4. The van der Waals surface area contributed by atoms with Gasteiger partial charge in [-0.25, -0.2) is 4.79 Å². The number of rotatable bonds is 8. The molecule has 1 aliphatic rings. The molecule has 0 saturated heterocycles. The second-order valence-corrected chi connectivity index (χ2v) is 4.70. The van der Waals surface area contributed by atoms with E-state index in [-0.39, 0.29) is 25.3 Å². The van der Waals surface area contributed by atoms with Crippen LogP contribution in [-0.2, 0) is 9.59 Å². The van der Waals surface area contributed by atoms with Gasteiger partial charge in [-0.05, 0) is 19.3 Å². The maximum atomic E-state index is 11.5. The average molecular weight is 271 g/mol. The van der Waals surface area contributed by atoms with E-state index in [1.807, 2.05) is 0 Å². The SMILES string of the molecule is CCC(CC(=O)O)NC(=O)NCCC(=O)NC1CC1. The van der Waals surface area contributed by atoms with Crippen molar-refractivity contribution in [2.24, 2.45) is 0 Å². The van der Waals surface area contributed by atoms with Crippen LogP contribution >= 0.6 is 0 Å². The predicted octanol–water partition coefficient (Wildman–Crippen LogP) is 0.208. The van der Waals surface area contributed by atoms with Crippen LogP contribution in [0.25, 0.3) is 0 Å². The van der Waals surface area contributed by atoms with Crippen LogP contribution in [0.1, 0.15) is 39.0 Å². The van der Waals surface area contributed by atoms with E-state index >= 15 is 0 Å². The van der Waals surface area contributed by atoms with Gasteiger partial charge in [-0.15, -0.1) is 0 Å². The minimum atomic E-state index is -0.948. The summed E-state index contributed by atoms with van der Waals surface area (Å²) in [5.41, 5.74) is 0. The Hall–Kier alpha value is -1.79. The van der Waals surface area contributed by atoms with Crippen molar-refractivity contribution in [2.45, 2.75) is 51.1 Å². The molecule has 0 aromatic heterocycles. The third-order valence-electron chi connectivity index (χ3n) is 2.83. The van der Waals surface area contributed by atoms with Gasteiger partial charge in [0.05, 0.1) is 6.42 Å². The summed E-state index contributed by atoms with van der Waals surface area (Å²) in [6.45, 7) is 2.05. The van der Waals surface area contributed by atoms with Crippen molar-refractivity contribution in [3.8, 4) is 0 Å². The van der Waals surface area contributed by atoms with Crippen LogP contribution in [0.5, 0.6) is 0 Å². The average Bonchev–Trinajstić information content (AvgIpc) is 3.11. The molecule has 0 heterocycles. The molecular formula is C12H21N3O4. The van der Waals surface area contributed by atoms with Crippen molar-refractivity contribution in [2.75, 3.05) is 6.54 Å². The molecule has 1 saturated carbocycles. The summed E-state index contributed by atoms with van der Waals surface area (Å²) in [6.07, 6.45) is 2.74. The summed E-state index contributed by atoms with van der Waals surface area (Å²) in [5.74, 6) is -1.02. The zero-order chi connectivity index (χ0) is 14.3. The second kappa shape index (κ2) is 7.60. The smallest absolute Gasteiger partial charge is 0.315 e. The summed E-state index contributed by atoms with van der Waals surface area (Å²) in [5, 5.41) is 16.6. The number of nitrogens with one attached hydrogen (secondary N) is 3. The van der Waals surface area contributed by atoms with Crippen LogP contribution in [0.3, 0.4) is 0 Å². The van der Waals surface area contributed by atoms with Gasteiger partial charge in [-0.3, -0.25) is 9.59 Å². The zero-order valence-corrected chi connectivity index (χ0v) is 11.1. The molecule has 19 heavy (non-hydrogen) atoms. The monoisotopic (exact) mass is 271 g/mol. The Morgan fingerprint density at radius 1 is 1.32 bits per heavy atom. The van der Waals surface area contributed by atoms with Crippen molar-refractivity contribution >= 4 is 17.9 Å². The number of carbonyl (C=O) groups excluding carboxylic acids is 2. The van der Waals surface area contributed by atoms with Crippen LogP contribution in [0.2, 0.25) is 0 Å². The van der Waals surface area contributed by atoms with Gasteiger partial charge in [-0.2, -0.15) is 0 Å². The van der Waals surface area contributed by atoms with E-state index in [4.69, 9.17) is 5.11 Å². The lowest BCUT2D eigenvalue weighted by Crippen LogP contribution is -2.43. The normalized spacial score (nSPS) is 15.4. The van der Waals surface area contributed by atoms with Gasteiger partial charge < -0.3 is 21.1 Å². The first-order valence-electron chi connectivity index (χ1n) is 6.56. The highest BCUT2D eigenvalue weighted by molar-refractivity contribution is 5.79. The standard InChI is InChI=1S/C12H21N3O4/c1-2-8(7-11(17)18)15-12(19)13-6-5-10(16)14-9-3-4-9/h8-9H,2-7H2,1H3,(H,14,16)(H,17,18)(H2,13,15,19). The molecule has 1 fully saturated rings. The van der Waals surface area contributed by atoms with Gasteiger partial charge in [0.25, 0.3) is 0 Å². The number of amides is 3. The van der Waals surface area contributed by atoms with Gasteiger partial charge >= 0.3 is 12.0 Å². The fourth-order valence-corrected chi connectivity index (χ4v) is 1.56. The zero-order valence-electron chi connectivity index (χ0n) is 11.1. The Morgan fingerprint density at radius 3 is 2.53 bits per heavy atom. The van der Waals surface area contributed by atoms with Crippen molar-refractivity contribution in [1.82, 2.24) is 16.0 Å². The Kier molecular flexibility index (Phi) is 6.11. The quantitative estimate of drug-likeness (QED) is 0.506. The van der Waals surface area contributed by atoms with E-state index in [9.17, 15) is 14.4 Å². The highest BCUT2D eigenvalue weighted by Crippen LogP contribution is 2.18. The van der Waals surface area contributed by atoms with Crippen molar-refractivity contribution in [3.63, 3.8) is 0 Å². The van der Waals surface area contributed by atoms with E-state index in [2.05, 4.69) is 16.0 Å². The number of carbonyl (C=O) groups is 3. The molecule has 0 aromatic rings. The van der Waals surface area contributed by atoms with E-state index < -0.39 is 18.0 Å². The van der Waals surface area contributed by atoms with Gasteiger partial charge in [0.1, 0.15) is 0 Å². The van der Waals surface area contributed by atoms with E-state index in [0.717, 1.165) is 12.8 Å². The molecule has 7 heteroatoms. The minimum absolute atomic E-state index is 0.0691. The van der Waals surface area contributed by atoms with Crippen LogP contribution in [-0.4, -0.2) is 41.6 Å². The fraction of sp³-hybridized carbons (Fsp3) is 0.750. The summed E-state index contributed by atoms with van der Waals surface area (Å²) in [4.78, 5) is 33.3. The van der Waals surface area contributed by atoms with Crippen molar-refractivity contribution in [1.29, 1.82) is 0 Å². The summed E-state index contributed by atoms with van der Waals surface area (Å²) in [6, 6.07) is -0.508. The molecule has 0 bridgehead atoms. The largest absolute Gasteiger partial charge is 0.481 e. The number of hydrogen-bond acceptors (Lipinski definition) is 3. The molecule has 108 valence electrons. The van der Waals surface area contributed by atoms with E-state index in [1.165, 1.54) is 0 Å². The lowest BCUT2D eigenvalue weighted by Gasteiger charge is -2.15. The number of aliphatic carboxylic acids is 1. The van der Waals surface area contributed by atoms with Crippen LogP contribution in [0, 0.1) is 0 Å². The maximum absolute atomic E-state index is 11.5. The van der Waals surface area contributed by atoms with Crippen LogP contribution in [0.15, 0.2) is 0 Å². The predicted molar refractivity (Wildman–Crippen MR) is 68.6 cm³/mol. The van der Waals surface area contributed by atoms with Gasteiger partial charge in [-0.1, -0.05) is 6.92 Å². The van der Waals surface area contributed by atoms with Crippen molar-refractivity contribution in [3.05, 3.63) is 0 Å². The molecule has 1 aliphatic carbocycles. The summed E-state index contributed by atoms with van der Waals surface area (Å²) < 4.78 is 0. The Bertz CT molecular complexity index is 342. The highest BCUT2D eigenvalue weighted by atomic mass is 16.4. The molecule has 7 nitrogen and oxygen atoms in total. The Labute approximate surface area is 112 Å². The molecule has 1 atom stereocenters. The Balaban J connectivity index is 2.11. The molecule has 1 unspecified atom stereocenters. The summed E-state index contributed by atoms with van der Waals surface area (Å²) >= 11 is 0. The fourth-order valence-electron chi connectivity index (χ4n) is 1.56. The third-order valence-corrected chi connectivity index (χ3v) is 2.83. The lowest BCUT2D eigenvalue weighted by atomic mass is 10.1. The molecule has 3 amide bonds. The number of carboxylic acid groups (broad SMARTS) is 1. The third kappa shape index (κ3) is 7.28. The maximum Gasteiger partial charge on any atom is 0.315 e. The molecule has 0 aromatic carbocycles. The molecule has 0 spiro atoms. The highest BCUT2D eigenvalue weighted by Gasteiger charge is 2.22. The van der Waals surface area contributed by atoms with E-state index in [0.29, 0.717) is 12.5 Å². The molecule has 1 rings (SSSR count). The van der Waals surface area contributed by atoms with E-state index in [1.54, 1.807) is 6.92 Å². The van der Waals surface area contributed by atoms with Crippen LogP contribution < -0.4 is 16.0 Å². The minimum Gasteiger partial charge on any atom is -0.481 e. The van der Waals surface area contributed by atoms with Crippen LogP contribution in [0.4, 0.5) is 4.79 Å².